The predicted molar refractivity (Wildman–Crippen MR) is 72.0 cm³/mol. The van der Waals surface area contributed by atoms with Gasteiger partial charge in [0.2, 0.25) is 5.91 Å². The van der Waals surface area contributed by atoms with Crippen molar-refractivity contribution in [2.24, 2.45) is 0 Å². The van der Waals surface area contributed by atoms with E-state index in [1.807, 2.05) is 12.1 Å². The monoisotopic (exact) mass is 261 g/mol. The Kier molecular flexibility index (Phi) is 4.20. The number of carbonyl (C=O) groups is 2. The molecule has 102 valence electrons. The quantitative estimate of drug-likeness (QED) is 0.872. The molecule has 4 heteroatoms. The summed E-state index contributed by atoms with van der Waals surface area (Å²) in [4.78, 5) is 22.6. The molecule has 0 aliphatic heterocycles. The van der Waals surface area contributed by atoms with Crippen molar-refractivity contribution in [1.29, 1.82) is 0 Å². The van der Waals surface area contributed by atoms with Crippen LogP contribution in [0.4, 0.5) is 0 Å². The average molecular weight is 261 g/mol. The van der Waals surface area contributed by atoms with Crippen LogP contribution in [0.5, 0.6) is 0 Å². The van der Waals surface area contributed by atoms with E-state index in [0.717, 1.165) is 19.3 Å². The first-order valence-corrected chi connectivity index (χ1v) is 6.68. The molecule has 0 aromatic heterocycles. The number of hydrogen-bond acceptors (Lipinski definition) is 2. The lowest BCUT2D eigenvalue weighted by Crippen LogP contribution is -2.39. The van der Waals surface area contributed by atoms with Gasteiger partial charge in [-0.2, -0.15) is 0 Å². The molecule has 2 rings (SSSR count). The van der Waals surface area contributed by atoms with Gasteiger partial charge in [0, 0.05) is 6.42 Å². The maximum absolute atomic E-state index is 11.9. The maximum atomic E-state index is 11.9. The van der Waals surface area contributed by atoms with Crippen molar-refractivity contribution in [1.82, 2.24) is 5.32 Å². The van der Waals surface area contributed by atoms with E-state index in [1.165, 1.54) is 18.1 Å². The number of fused-ring (bicyclic) bond motifs is 1. The van der Waals surface area contributed by atoms with Crippen LogP contribution in [-0.2, 0) is 16.0 Å². The fourth-order valence-corrected chi connectivity index (χ4v) is 2.65. The summed E-state index contributed by atoms with van der Waals surface area (Å²) in [5, 5.41) is 11.3. The molecule has 0 radical (unpaired) electrons. The first-order valence-electron chi connectivity index (χ1n) is 6.68. The molecule has 1 aliphatic carbocycles. The summed E-state index contributed by atoms with van der Waals surface area (Å²) in [5.74, 6) is -0.972. The van der Waals surface area contributed by atoms with E-state index in [1.54, 1.807) is 0 Å². The minimum Gasteiger partial charge on any atom is -0.480 e. The largest absolute Gasteiger partial charge is 0.480 e. The van der Waals surface area contributed by atoms with Gasteiger partial charge in [0.25, 0.3) is 0 Å². The first-order chi connectivity index (χ1) is 9.08. The fraction of sp³-hybridized carbons (Fsp3) is 0.467. The van der Waals surface area contributed by atoms with E-state index in [-0.39, 0.29) is 11.8 Å². The van der Waals surface area contributed by atoms with E-state index >= 15 is 0 Å². The SMILES string of the molecule is C[C@@H](NC(=O)CC1CCCc2ccccc21)C(=O)O. The summed E-state index contributed by atoms with van der Waals surface area (Å²) in [5.41, 5.74) is 2.56. The van der Waals surface area contributed by atoms with Crippen molar-refractivity contribution in [2.45, 2.75) is 44.6 Å². The van der Waals surface area contributed by atoms with Crippen molar-refractivity contribution in [3.8, 4) is 0 Å². The normalized spacial score (nSPS) is 19.3. The zero-order chi connectivity index (χ0) is 13.8. The van der Waals surface area contributed by atoms with Crippen LogP contribution in [-0.4, -0.2) is 23.0 Å². The molecule has 2 atom stereocenters. The van der Waals surface area contributed by atoms with Crippen molar-refractivity contribution >= 4 is 11.9 Å². The van der Waals surface area contributed by atoms with Gasteiger partial charge in [-0.15, -0.1) is 0 Å². The summed E-state index contributed by atoms with van der Waals surface area (Å²) in [6.45, 7) is 1.48. The molecule has 0 fully saturated rings. The molecule has 1 aliphatic rings. The second-order valence-electron chi connectivity index (χ2n) is 5.12. The summed E-state index contributed by atoms with van der Waals surface area (Å²) in [6, 6.07) is 7.38. The van der Waals surface area contributed by atoms with Crippen LogP contribution in [0, 0.1) is 0 Å². The van der Waals surface area contributed by atoms with Crippen LogP contribution in [0.25, 0.3) is 0 Å². The number of rotatable bonds is 4. The van der Waals surface area contributed by atoms with Gasteiger partial charge in [-0.3, -0.25) is 9.59 Å². The second kappa shape index (κ2) is 5.87. The van der Waals surface area contributed by atoms with E-state index < -0.39 is 12.0 Å². The van der Waals surface area contributed by atoms with Crippen molar-refractivity contribution in [3.63, 3.8) is 0 Å². The Hall–Kier alpha value is -1.84. The molecule has 19 heavy (non-hydrogen) atoms. The Bertz CT molecular complexity index is 484. The topological polar surface area (TPSA) is 66.4 Å². The molecule has 0 heterocycles. The lowest BCUT2D eigenvalue weighted by molar-refractivity contribution is -0.141. The van der Waals surface area contributed by atoms with Gasteiger partial charge in [0.1, 0.15) is 6.04 Å². The van der Waals surface area contributed by atoms with Gasteiger partial charge >= 0.3 is 5.97 Å². The van der Waals surface area contributed by atoms with Gasteiger partial charge in [-0.1, -0.05) is 24.3 Å². The number of hydrogen-bond donors (Lipinski definition) is 2. The number of aryl methyl sites for hydroxylation is 1. The molecule has 0 saturated carbocycles. The smallest absolute Gasteiger partial charge is 0.325 e. The van der Waals surface area contributed by atoms with Crippen LogP contribution >= 0.6 is 0 Å². The van der Waals surface area contributed by atoms with Gasteiger partial charge < -0.3 is 10.4 Å². The Balaban J connectivity index is 2.01. The van der Waals surface area contributed by atoms with Crippen LogP contribution in [0.15, 0.2) is 24.3 Å². The minimum absolute atomic E-state index is 0.184. The van der Waals surface area contributed by atoms with Crippen LogP contribution < -0.4 is 5.32 Å². The van der Waals surface area contributed by atoms with Crippen molar-refractivity contribution < 1.29 is 14.7 Å². The number of aliphatic carboxylic acids is 1. The predicted octanol–water partition coefficient (Wildman–Crippen LogP) is 2.09. The molecule has 1 unspecified atom stereocenters. The highest BCUT2D eigenvalue weighted by molar-refractivity contribution is 5.83. The van der Waals surface area contributed by atoms with Gasteiger partial charge in [-0.25, -0.2) is 0 Å². The molecule has 1 aromatic rings. The molecular formula is C15H19NO3. The molecule has 0 spiro atoms. The molecule has 4 nitrogen and oxygen atoms in total. The number of carboxylic acid groups (broad SMARTS) is 1. The maximum Gasteiger partial charge on any atom is 0.325 e. The molecule has 0 bridgehead atoms. The summed E-state index contributed by atoms with van der Waals surface area (Å²) >= 11 is 0. The standard InChI is InChI=1S/C15H19NO3/c1-10(15(18)19)16-14(17)9-12-7-4-6-11-5-2-3-8-13(11)12/h2-3,5,8,10,12H,4,6-7,9H2,1H3,(H,16,17)(H,18,19)/t10-,12?/m1/s1. The number of carboxylic acids is 1. The molecule has 0 saturated heterocycles. The summed E-state index contributed by atoms with van der Waals surface area (Å²) < 4.78 is 0. The summed E-state index contributed by atoms with van der Waals surface area (Å²) in [7, 11) is 0. The Morgan fingerprint density at radius 1 is 1.42 bits per heavy atom. The highest BCUT2D eigenvalue weighted by Crippen LogP contribution is 2.33. The number of nitrogens with one attached hydrogen (secondary N) is 1. The molecule has 2 N–H and O–H groups in total. The third kappa shape index (κ3) is 3.34. The Labute approximate surface area is 112 Å². The zero-order valence-corrected chi connectivity index (χ0v) is 11.1. The Morgan fingerprint density at radius 2 is 2.16 bits per heavy atom. The number of benzene rings is 1. The van der Waals surface area contributed by atoms with E-state index in [4.69, 9.17) is 5.11 Å². The van der Waals surface area contributed by atoms with Crippen LogP contribution in [0.1, 0.15) is 43.2 Å². The highest BCUT2D eigenvalue weighted by Gasteiger charge is 2.23. The zero-order valence-electron chi connectivity index (χ0n) is 11.1. The fourth-order valence-electron chi connectivity index (χ4n) is 2.65. The van der Waals surface area contributed by atoms with Gasteiger partial charge in [0.05, 0.1) is 0 Å². The second-order valence-corrected chi connectivity index (χ2v) is 5.12. The average Bonchev–Trinajstić information content (AvgIpc) is 2.39. The van der Waals surface area contributed by atoms with Gasteiger partial charge in [0.15, 0.2) is 0 Å². The molecular weight excluding hydrogens is 242 g/mol. The van der Waals surface area contributed by atoms with Crippen molar-refractivity contribution in [2.75, 3.05) is 0 Å². The van der Waals surface area contributed by atoms with Crippen LogP contribution in [0.2, 0.25) is 0 Å². The molecule has 1 aromatic carbocycles. The van der Waals surface area contributed by atoms with Crippen molar-refractivity contribution in [3.05, 3.63) is 35.4 Å². The minimum atomic E-state index is -1.00. The lowest BCUT2D eigenvalue weighted by Gasteiger charge is -2.25. The van der Waals surface area contributed by atoms with Crippen LogP contribution in [0.3, 0.4) is 0 Å². The van der Waals surface area contributed by atoms with E-state index in [9.17, 15) is 9.59 Å². The van der Waals surface area contributed by atoms with E-state index in [0.29, 0.717) is 6.42 Å². The number of carbonyl (C=O) groups excluding carboxylic acids is 1. The van der Waals surface area contributed by atoms with Gasteiger partial charge in [-0.05, 0) is 43.2 Å². The van der Waals surface area contributed by atoms with E-state index in [2.05, 4.69) is 17.4 Å². The lowest BCUT2D eigenvalue weighted by atomic mass is 9.81. The third-order valence-corrected chi connectivity index (χ3v) is 3.67. The number of amides is 1. The third-order valence-electron chi connectivity index (χ3n) is 3.67. The summed E-state index contributed by atoms with van der Waals surface area (Å²) in [6.07, 6.45) is 3.52. The molecule has 1 amide bonds. The first kappa shape index (κ1) is 13.6. The highest BCUT2D eigenvalue weighted by atomic mass is 16.4. The Morgan fingerprint density at radius 3 is 2.89 bits per heavy atom.